The molecule has 7 heteroatoms. The number of carbonyl (C=O) groups excluding carboxylic acids is 1. The first-order chi connectivity index (χ1) is 13.2. The van der Waals surface area contributed by atoms with Crippen molar-refractivity contribution in [3.05, 3.63) is 59.7 Å². The van der Waals surface area contributed by atoms with Crippen LogP contribution in [0.25, 0.3) is 0 Å². The molecule has 150 valence electrons. The van der Waals surface area contributed by atoms with E-state index in [4.69, 9.17) is 4.74 Å². The van der Waals surface area contributed by atoms with Gasteiger partial charge >= 0.3 is 0 Å². The lowest BCUT2D eigenvalue weighted by Gasteiger charge is -2.27. The second-order valence-corrected chi connectivity index (χ2v) is 9.38. The van der Waals surface area contributed by atoms with E-state index in [0.29, 0.717) is 32.0 Å². The van der Waals surface area contributed by atoms with Gasteiger partial charge in [0.2, 0.25) is 15.9 Å². The number of rotatable bonds is 5. The van der Waals surface area contributed by atoms with E-state index in [1.807, 2.05) is 51.1 Å². The van der Waals surface area contributed by atoms with Gasteiger partial charge in [0.05, 0.1) is 23.5 Å². The molecule has 0 saturated carbocycles. The van der Waals surface area contributed by atoms with Crippen molar-refractivity contribution in [1.82, 2.24) is 4.31 Å². The molecule has 0 radical (unpaired) electrons. The molecule has 0 aromatic heterocycles. The summed E-state index contributed by atoms with van der Waals surface area (Å²) in [5, 5.41) is 2.92. The van der Waals surface area contributed by atoms with Crippen LogP contribution in [0.4, 0.5) is 5.69 Å². The summed E-state index contributed by atoms with van der Waals surface area (Å²) in [7, 11) is -3.62. The Hall–Kier alpha value is -2.22. The number of hydrogen-bond donors (Lipinski definition) is 1. The number of amides is 1. The Bertz CT molecular complexity index is 950. The van der Waals surface area contributed by atoms with Crippen LogP contribution in [0, 0.1) is 6.92 Å². The first-order valence-corrected chi connectivity index (χ1v) is 10.7. The number of nitrogens with zero attached hydrogens (tertiary/aromatic N) is 1. The second-order valence-electron chi connectivity index (χ2n) is 7.44. The molecule has 1 heterocycles. The van der Waals surface area contributed by atoms with E-state index >= 15 is 0 Å². The van der Waals surface area contributed by atoms with Crippen molar-refractivity contribution < 1.29 is 17.9 Å². The predicted molar refractivity (Wildman–Crippen MR) is 109 cm³/mol. The normalized spacial score (nSPS) is 16.0. The van der Waals surface area contributed by atoms with Crippen molar-refractivity contribution in [3.63, 3.8) is 0 Å². The largest absolute Gasteiger partial charge is 0.379 e. The number of ether oxygens (including phenoxy) is 1. The van der Waals surface area contributed by atoms with Crippen LogP contribution in [-0.2, 0) is 25.0 Å². The third kappa shape index (κ3) is 4.11. The van der Waals surface area contributed by atoms with Crippen molar-refractivity contribution in [2.24, 2.45) is 0 Å². The Labute approximate surface area is 166 Å². The van der Waals surface area contributed by atoms with Crippen LogP contribution in [0.1, 0.15) is 25.0 Å². The van der Waals surface area contributed by atoms with Crippen molar-refractivity contribution in [2.45, 2.75) is 31.1 Å². The summed E-state index contributed by atoms with van der Waals surface area (Å²) in [5.74, 6) is -0.192. The van der Waals surface area contributed by atoms with Gasteiger partial charge in [-0.2, -0.15) is 4.31 Å². The first kappa shape index (κ1) is 20.5. The highest BCUT2D eigenvalue weighted by Crippen LogP contribution is 2.28. The molecule has 1 fully saturated rings. The molecule has 1 N–H and O–H groups in total. The minimum atomic E-state index is -3.62. The van der Waals surface area contributed by atoms with Gasteiger partial charge in [-0.15, -0.1) is 0 Å². The molecule has 0 aliphatic carbocycles. The third-order valence-electron chi connectivity index (χ3n) is 5.13. The van der Waals surface area contributed by atoms with Crippen LogP contribution < -0.4 is 5.32 Å². The topological polar surface area (TPSA) is 75.7 Å². The summed E-state index contributed by atoms with van der Waals surface area (Å²) < 4.78 is 32.5. The van der Waals surface area contributed by atoms with Crippen LogP contribution in [0.5, 0.6) is 0 Å². The van der Waals surface area contributed by atoms with Gasteiger partial charge < -0.3 is 10.1 Å². The monoisotopic (exact) mass is 402 g/mol. The molecule has 1 amide bonds. The average molecular weight is 403 g/mol. The molecule has 1 saturated heterocycles. The number of nitrogens with one attached hydrogen (secondary N) is 1. The van der Waals surface area contributed by atoms with Gasteiger partial charge in [0.1, 0.15) is 0 Å². The molecule has 0 unspecified atom stereocenters. The molecule has 0 spiro atoms. The van der Waals surface area contributed by atoms with Gasteiger partial charge in [0.25, 0.3) is 0 Å². The van der Waals surface area contributed by atoms with Crippen molar-refractivity contribution in [3.8, 4) is 0 Å². The number of anilines is 1. The van der Waals surface area contributed by atoms with Gasteiger partial charge in [-0.1, -0.05) is 36.4 Å². The Kier molecular flexibility index (Phi) is 5.88. The summed E-state index contributed by atoms with van der Waals surface area (Å²) >= 11 is 0. The maximum Gasteiger partial charge on any atom is 0.243 e. The van der Waals surface area contributed by atoms with E-state index in [1.54, 1.807) is 18.2 Å². The van der Waals surface area contributed by atoms with E-state index < -0.39 is 15.4 Å². The fourth-order valence-electron chi connectivity index (χ4n) is 3.10. The zero-order valence-corrected chi connectivity index (χ0v) is 17.3. The molecular weight excluding hydrogens is 376 g/mol. The molecule has 3 rings (SSSR count). The van der Waals surface area contributed by atoms with Crippen LogP contribution in [-0.4, -0.2) is 44.9 Å². The molecule has 1 aliphatic rings. The van der Waals surface area contributed by atoms with E-state index in [0.717, 1.165) is 11.1 Å². The summed E-state index contributed by atoms with van der Waals surface area (Å²) in [5.41, 5.74) is 1.44. The summed E-state index contributed by atoms with van der Waals surface area (Å²) in [4.78, 5) is 13.1. The molecule has 28 heavy (non-hydrogen) atoms. The number of sulfonamides is 1. The number of carbonyl (C=O) groups is 1. The Morgan fingerprint density at radius 2 is 1.71 bits per heavy atom. The summed E-state index contributed by atoms with van der Waals surface area (Å²) in [6.45, 7) is 6.98. The maximum absolute atomic E-state index is 13.0. The molecule has 0 bridgehead atoms. The Morgan fingerprint density at radius 3 is 2.36 bits per heavy atom. The van der Waals surface area contributed by atoms with E-state index in [-0.39, 0.29) is 10.8 Å². The fraction of sp³-hybridized carbons (Fsp3) is 0.381. The lowest BCUT2D eigenvalue weighted by Crippen LogP contribution is -2.40. The minimum Gasteiger partial charge on any atom is -0.379 e. The quantitative estimate of drug-likeness (QED) is 0.834. The maximum atomic E-state index is 13.0. The zero-order chi connectivity index (χ0) is 20.4. The van der Waals surface area contributed by atoms with Crippen molar-refractivity contribution >= 4 is 21.6 Å². The molecular formula is C21H26N2O4S. The van der Waals surface area contributed by atoms with E-state index in [2.05, 4.69) is 5.32 Å². The highest BCUT2D eigenvalue weighted by Gasteiger charge is 2.31. The zero-order valence-electron chi connectivity index (χ0n) is 16.4. The lowest BCUT2D eigenvalue weighted by molar-refractivity contribution is -0.120. The minimum absolute atomic E-state index is 0.174. The van der Waals surface area contributed by atoms with Crippen LogP contribution in [0.15, 0.2) is 53.4 Å². The van der Waals surface area contributed by atoms with E-state index in [1.165, 1.54) is 4.31 Å². The van der Waals surface area contributed by atoms with Crippen molar-refractivity contribution in [2.75, 3.05) is 31.6 Å². The third-order valence-corrected chi connectivity index (χ3v) is 7.02. The van der Waals surface area contributed by atoms with Crippen LogP contribution >= 0.6 is 0 Å². The molecule has 6 nitrogen and oxygen atoms in total. The molecule has 2 aromatic carbocycles. The molecule has 0 atom stereocenters. The summed E-state index contributed by atoms with van der Waals surface area (Å²) in [6, 6.07) is 14.4. The number of aryl methyl sites for hydroxylation is 1. The number of morpholine rings is 1. The molecule has 2 aromatic rings. The second kappa shape index (κ2) is 8.03. The Balaban J connectivity index is 1.87. The highest BCUT2D eigenvalue weighted by atomic mass is 32.2. The fourth-order valence-corrected chi connectivity index (χ4v) is 4.53. The first-order valence-electron chi connectivity index (χ1n) is 9.28. The smallest absolute Gasteiger partial charge is 0.243 e. The predicted octanol–water partition coefficient (Wildman–Crippen LogP) is 2.93. The van der Waals surface area contributed by atoms with Gasteiger partial charge in [-0.3, -0.25) is 4.79 Å². The van der Waals surface area contributed by atoms with E-state index in [9.17, 15) is 13.2 Å². The molecule has 1 aliphatic heterocycles. The highest BCUT2D eigenvalue weighted by molar-refractivity contribution is 7.89. The average Bonchev–Trinajstić information content (AvgIpc) is 2.70. The summed E-state index contributed by atoms with van der Waals surface area (Å²) in [6.07, 6.45) is 0. The van der Waals surface area contributed by atoms with Gasteiger partial charge in [-0.25, -0.2) is 8.42 Å². The van der Waals surface area contributed by atoms with Crippen LogP contribution in [0.2, 0.25) is 0 Å². The Morgan fingerprint density at radius 1 is 1.07 bits per heavy atom. The van der Waals surface area contributed by atoms with Gasteiger partial charge in [0, 0.05) is 18.8 Å². The number of hydrogen-bond acceptors (Lipinski definition) is 4. The van der Waals surface area contributed by atoms with Gasteiger partial charge in [-0.05, 0) is 44.0 Å². The SMILES string of the molecule is Cc1ccc(S(=O)(=O)N2CCOCC2)cc1NC(=O)C(C)(C)c1ccccc1. The number of benzene rings is 2. The van der Waals surface area contributed by atoms with Crippen LogP contribution in [0.3, 0.4) is 0 Å². The lowest BCUT2D eigenvalue weighted by atomic mass is 9.83. The van der Waals surface area contributed by atoms with Gasteiger partial charge in [0.15, 0.2) is 0 Å². The standard InChI is InChI=1S/C21H26N2O4S/c1-16-9-10-18(28(25,26)23-11-13-27-14-12-23)15-19(16)22-20(24)21(2,3)17-7-5-4-6-8-17/h4-10,15H,11-14H2,1-3H3,(H,22,24). The van der Waals surface area contributed by atoms with Crippen molar-refractivity contribution in [1.29, 1.82) is 0 Å².